The average molecular weight is 336 g/mol. The number of nitrogens with one attached hydrogen (secondary N) is 1. The predicted molar refractivity (Wildman–Crippen MR) is 96.5 cm³/mol. The maximum absolute atomic E-state index is 12.3. The van der Waals surface area contributed by atoms with Gasteiger partial charge in [0.1, 0.15) is 11.4 Å². The van der Waals surface area contributed by atoms with E-state index >= 15 is 0 Å². The highest BCUT2D eigenvalue weighted by Crippen LogP contribution is 2.21. The standard InChI is InChI=1S/C20H20N2O3/c1-3-15-9-11-17(12-10-15)24-14(2)20(23)21-19-13-18(22-25-19)16-7-5-4-6-8-16/h4-14H,3H2,1-2H3,(H,21,23). The quantitative estimate of drug-likeness (QED) is 0.728. The van der Waals surface area contributed by atoms with Crippen LogP contribution in [0.1, 0.15) is 19.4 Å². The van der Waals surface area contributed by atoms with Gasteiger partial charge >= 0.3 is 0 Å². The molecule has 3 aromatic rings. The highest BCUT2D eigenvalue weighted by Gasteiger charge is 2.17. The van der Waals surface area contributed by atoms with Crippen LogP contribution in [0.2, 0.25) is 0 Å². The third kappa shape index (κ3) is 4.26. The fraction of sp³-hybridized carbons (Fsp3) is 0.200. The number of anilines is 1. The van der Waals surface area contributed by atoms with Gasteiger partial charge in [0.15, 0.2) is 6.10 Å². The topological polar surface area (TPSA) is 64.4 Å². The summed E-state index contributed by atoms with van der Waals surface area (Å²) >= 11 is 0. The first-order valence-electron chi connectivity index (χ1n) is 8.24. The zero-order valence-corrected chi connectivity index (χ0v) is 14.2. The van der Waals surface area contributed by atoms with Gasteiger partial charge in [-0.05, 0) is 31.0 Å². The molecule has 5 nitrogen and oxygen atoms in total. The van der Waals surface area contributed by atoms with Crippen molar-refractivity contribution in [3.8, 4) is 17.0 Å². The molecule has 1 aromatic heterocycles. The Morgan fingerprint density at radius 1 is 1.16 bits per heavy atom. The molecule has 1 unspecified atom stereocenters. The zero-order valence-electron chi connectivity index (χ0n) is 14.2. The third-order valence-electron chi connectivity index (χ3n) is 3.84. The minimum Gasteiger partial charge on any atom is -0.481 e. The highest BCUT2D eigenvalue weighted by molar-refractivity contribution is 5.93. The van der Waals surface area contributed by atoms with Crippen molar-refractivity contribution in [1.82, 2.24) is 5.16 Å². The average Bonchev–Trinajstić information content (AvgIpc) is 3.11. The molecular formula is C20H20N2O3. The van der Waals surface area contributed by atoms with E-state index in [1.165, 1.54) is 5.56 Å². The van der Waals surface area contributed by atoms with Crippen molar-refractivity contribution in [2.45, 2.75) is 26.4 Å². The first-order chi connectivity index (χ1) is 12.2. The number of ether oxygens (including phenoxy) is 1. The maximum Gasteiger partial charge on any atom is 0.267 e. The molecule has 0 aliphatic heterocycles. The summed E-state index contributed by atoms with van der Waals surface area (Å²) in [6.45, 7) is 3.78. The number of aryl methyl sites for hydroxylation is 1. The number of nitrogens with zero attached hydrogens (tertiary/aromatic N) is 1. The molecule has 2 aromatic carbocycles. The highest BCUT2D eigenvalue weighted by atomic mass is 16.5. The van der Waals surface area contributed by atoms with Crippen LogP contribution in [0.15, 0.2) is 65.2 Å². The summed E-state index contributed by atoms with van der Waals surface area (Å²) in [7, 11) is 0. The minimum atomic E-state index is -0.655. The molecule has 0 spiro atoms. The Labute approximate surface area is 146 Å². The van der Waals surface area contributed by atoms with Crippen molar-refractivity contribution in [3.63, 3.8) is 0 Å². The molecule has 0 saturated carbocycles. The monoisotopic (exact) mass is 336 g/mol. The summed E-state index contributed by atoms with van der Waals surface area (Å²) in [5.74, 6) is 0.651. The molecule has 0 radical (unpaired) electrons. The molecule has 0 aliphatic carbocycles. The van der Waals surface area contributed by atoms with Gasteiger partial charge in [-0.2, -0.15) is 0 Å². The van der Waals surface area contributed by atoms with Crippen LogP contribution in [-0.2, 0) is 11.2 Å². The predicted octanol–water partition coefficient (Wildman–Crippen LogP) is 4.31. The van der Waals surface area contributed by atoms with E-state index in [2.05, 4.69) is 17.4 Å². The van der Waals surface area contributed by atoms with Crippen LogP contribution in [-0.4, -0.2) is 17.2 Å². The largest absolute Gasteiger partial charge is 0.481 e. The van der Waals surface area contributed by atoms with Gasteiger partial charge in [0.05, 0.1) is 0 Å². The second kappa shape index (κ2) is 7.66. The van der Waals surface area contributed by atoms with Crippen LogP contribution in [0.25, 0.3) is 11.3 Å². The lowest BCUT2D eigenvalue weighted by Gasteiger charge is -2.13. The lowest BCUT2D eigenvalue weighted by atomic mass is 10.1. The van der Waals surface area contributed by atoms with Gasteiger partial charge in [-0.25, -0.2) is 0 Å². The molecule has 0 saturated heterocycles. The number of carbonyl (C=O) groups excluding carboxylic acids is 1. The van der Waals surface area contributed by atoms with Gasteiger partial charge < -0.3 is 9.26 Å². The molecule has 0 aliphatic rings. The van der Waals surface area contributed by atoms with Crippen molar-refractivity contribution >= 4 is 11.8 Å². The summed E-state index contributed by atoms with van der Waals surface area (Å²) < 4.78 is 10.8. The first kappa shape index (κ1) is 16.8. The SMILES string of the molecule is CCc1ccc(OC(C)C(=O)Nc2cc(-c3ccccc3)no2)cc1. The number of hydrogen-bond acceptors (Lipinski definition) is 4. The van der Waals surface area contributed by atoms with E-state index in [-0.39, 0.29) is 5.91 Å². The number of rotatable bonds is 6. The summed E-state index contributed by atoms with van der Waals surface area (Å²) in [5.41, 5.74) is 2.81. The van der Waals surface area contributed by atoms with Gasteiger partial charge in [0, 0.05) is 11.6 Å². The normalized spacial score (nSPS) is 11.8. The van der Waals surface area contributed by atoms with Gasteiger partial charge in [-0.3, -0.25) is 10.1 Å². The Hall–Kier alpha value is -3.08. The van der Waals surface area contributed by atoms with E-state index in [4.69, 9.17) is 9.26 Å². The fourth-order valence-electron chi connectivity index (χ4n) is 2.36. The van der Waals surface area contributed by atoms with Crippen LogP contribution in [0, 0.1) is 0 Å². The van der Waals surface area contributed by atoms with E-state index in [9.17, 15) is 4.79 Å². The third-order valence-corrected chi connectivity index (χ3v) is 3.84. The molecular weight excluding hydrogens is 316 g/mol. The van der Waals surface area contributed by atoms with Crippen molar-refractivity contribution in [1.29, 1.82) is 0 Å². The first-order valence-corrected chi connectivity index (χ1v) is 8.24. The number of benzene rings is 2. The van der Waals surface area contributed by atoms with Crippen LogP contribution in [0.4, 0.5) is 5.88 Å². The Bertz CT molecular complexity index is 826. The maximum atomic E-state index is 12.3. The fourth-order valence-corrected chi connectivity index (χ4v) is 2.36. The van der Waals surface area contributed by atoms with Gasteiger partial charge in [-0.1, -0.05) is 54.5 Å². The number of aromatic nitrogens is 1. The molecule has 128 valence electrons. The summed E-state index contributed by atoms with van der Waals surface area (Å²) in [6.07, 6.45) is 0.309. The van der Waals surface area contributed by atoms with Crippen LogP contribution >= 0.6 is 0 Å². The second-order valence-corrected chi connectivity index (χ2v) is 5.69. The van der Waals surface area contributed by atoms with Crippen LogP contribution in [0.5, 0.6) is 5.75 Å². The summed E-state index contributed by atoms with van der Waals surface area (Å²) in [4.78, 5) is 12.3. The van der Waals surface area contributed by atoms with Crippen molar-refractivity contribution in [2.75, 3.05) is 5.32 Å². The van der Waals surface area contributed by atoms with E-state index in [1.807, 2.05) is 54.6 Å². The molecule has 5 heteroatoms. The Morgan fingerprint density at radius 3 is 2.56 bits per heavy atom. The zero-order chi connectivity index (χ0) is 17.6. The minimum absolute atomic E-state index is 0.292. The molecule has 0 fully saturated rings. The lowest BCUT2D eigenvalue weighted by Crippen LogP contribution is -2.29. The second-order valence-electron chi connectivity index (χ2n) is 5.69. The van der Waals surface area contributed by atoms with E-state index in [0.29, 0.717) is 17.3 Å². The Morgan fingerprint density at radius 2 is 1.88 bits per heavy atom. The molecule has 1 N–H and O–H groups in total. The van der Waals surface area contributed by atoms with E-state index in [0.717, 1.165) is 12.0 Å². The Balaban J connectivity index is 1.60. The lowest BCUT2D eigenvalue weighted by molar-refractivity contribution is -0.122. The summed E-state index contributed by atoms with van der Waals surface area (Å²) in [5, 5.41) is 6.65. The summed E-state index contributed by atoms with van der Waals surface area (Å²) in [6, 6.07) is 19.0. The molecule has 25 heavy (non-hydrogen) atoms. The van der Waals surface area contributed by atoms with Crippen LogP contribution in [0.3, 0.4) is 0 Å². The number of carbonyl (C=O) groups is 1. The smallest absolute Gasteiger partial charge is 0.267 e. The van der Waals surface area contributed by atoms with Gasteiger partial charge in [0.2, 0.25) is 5.88 Å². The molecule has 1 amide bonds. The van der Waals surface area contributed by atoms with E-state index in [1.54, 1.807) is 13.0 Å². The van der Waals surface area contributed by atoms with Crippen molar-refractivity contribution < 1.29 is 14.1 Å². The molecule has 0 bridgehead atoms. The van der Waals surface area contributed by atoms with Crippen molar-refractivity contribution in [2.24, 2.45) is 0 Å². The van der Waals surface area contributed by atoms with Crippen molar-refractivity contribution in [3.05, 3.63) is 66.2 Å². The van der Waals surface area contributed by atoms with E-state index < -0.39 is 6.10 Å². The molecule has 3 rings (SSSR count). The van der Waals surface area contributed by atoms with Gasteiger partial charge in [0.25, 0.3) is 5.91 Å². The van der Waals surface area contributed by atoms with Crippen LogP contribution < -0.4 is 10.1 Å². The number of hydrogen-bond donors (Lipinski definition) is 1. The Kier molecular flexibility index (Phi) is 5.14. The van der Waals surface area contributed by atoms with Gasteiger partial charge in [-0.15, -0.1) is 0 Å². The molecule has 1 atom stereocenters. The molecule has 1 heterocycles. The number of amides is 1.